The first-order chi connectivity index (χ1) is 9.17. The molecular weight excluding hydrogens is 238 g/mol. The Bertz CT molecular complexity index is 584. The molecule has 2 aromatic rings. The summed E-state index contributed by atoms with van der Waals surface area (Å²) in [5.41, 5.74) is 3.77. The largest absolute Gasteiger partial charge is 0.494 e. The van der Waals surface area contributed by atoms with Crippen molar-refractivity contribution in [1.29, 1.82) is 0 Å². The average molecular weight is 257 g/mol. The summed E-state index contributed by atoms with van der Waals surface area (Å²) < 4.78 is 7.72. The number of aryl methyl sites for hydroxylation is 1. The third-order valence-corrected chi connectivity index (χ3v) is 3.15. The average Bonchev–Trinajstić information content (AvgIpc) is 2.71. The van der Waals surface area contributed by atoms with Crippen LogP contribution in [0.5, 0.6) is 5.75 Å². The first-order valence-corrected chi connectivity index (χ1v) is 6.54. The maximum absolute atomic E-state index is 11.0. The molecule has 0 bridgehead atoms. The molecule has 1 aromatic carbocycles. The number of rotatable bonds is 5. The second-order valence-corrected chi connectivity index (χ2v) is 4.63. The van der Waals surface area contributed by atoms with Gasteiger partial charge in [0.1, 0.15) is 5.75 Å². The smallest absolute Gasteiger partial charge is 0.151 e. The normalized spacial score (nSPS) is 10.5. The SMILES string of the molecule is CCCOc1cccc(-n2c(C)cc(C=O)c2C)c1. The number of hydrogen-bond donors (Lipinski definition) is 0. The number of hydrogen-bond acceptors (Lipinski definition) is 2. The molecule has 0 aliphatic rings. The maximum atomic E-state index is 11.0. The van der Waals surface area contributed by atoms with Crippen molar-refractivity contribution in [1.82, 2.24) is 4.57 Å². The van der Waals surface area contributed by atoms with E-state index in [1.54, 1.807) is 0 Å². The van der Waals surface area contributed by atoms with Crippen LogP contribution < -0.4 is 4.74 Å². The van der Waals surface area contributed by atoms with Crippen LogP contribution in [0, 0.1) is 13.8 Å². The molecule has 0 N–H and O–H groups in total. The monoisotopic (exact) mass is 257 g/mol. The van der Waals surface area contributed by atoms with E-state index < -0.39 is 0 Å². The van der Waals surface area contributed by atoms with Gasteiger partial charge in [-0.25, -0.2) is 0 Å². The second-order valence-electron chi connectivity index (χ2n) is 4.63. The van der Waals surface area contributed by atoms with Crippen molar-refractivity contribution < 1.29 is 9.53 Å². The lowest BCUT2D eigenvalue weighted by Crippen LogP contribution is -2.01. The Morgan fingerprint density at radius 2 is 2.05 bits per heavy atom. The van der Waals surface area contributed by atoms with Crippen LogP contribution in [0.4, 0.5) is 0 Å². The second kappa shape index (κ2) is 5.74. The predicted molar refractivity (Wildman–Crippen MR) is 76.4 cm³/mol. The van der Waals surface area contributed by atoms with Crippen LogP contribution in [0.2, 0.25) is 0 Å². The van der Waals surface area contributed by atoms with Crippen molar-refractivity contribution >= 4 is 6.29 Å². The fourth-order valence-electron chi connectivity index (χ4n) is 2.24. The van der Waals surface area contributed by atoms with Gasteiger partial charge in [-0.15, -0.1) is 0 Å². The zero-order valence-corrected chi connectivity index (χ0v) is 11.6. The Hall–Kier alpha value is -2.03. The first kappa shape index (κ1) is 13.4. The third-order valence-electron chi connectivity index (χ3n) is 3.15. The molecular formula is C16H19NO2. The van der Waals surface area contributed by atoms with Crippen LogP contribution >= 0.6 is 0 Å². The molecule has 0 saturated carbocycles. The molecule has 0 unspecified atom stereocenters. The molecule has 100 valence electrons. The minimum Gasteiger partial charge on any atom is -0.494 e. The van der Waals surface area contributed by atoms with Crippen LogP contribution in [0.25, 0.3) is 5.69 Å². The first-order valence-electron chi connectivity index (χ1n) is 6.54. The van der Waals surface area contributed by atoms with Crippen molar-refractivity contribution in [3.63, 3.8) is 0 Å². The summed E-state index contributed by atoms with van der Waals surface area (Å²) in [7, 11) is 0. The number of aldehydes is 1. The van der Waals surface area contributed by atoms with Gasteiger partial charge < -0.3 is 9.30 Å². The summed E-state index contributed by atoms with van der Waals surface area (Å²) in [6, 6.07) is 9.85. The van der Waals surface area contributed by atoms with Crippen molar-refractivity contribution in [2.24, 2.45) is 0 Å². The molecule has 3 heteroatoms. The van der Waals surface area contributed by atoms with E-state index in [1.165, 1.54) is 0 Å². The van der Waals surface area contributed by atoms with Gasteiger partial charge in [0.2, 0.25) is 0 Å². The van der Waals surface area contributed by atoms with E-state index in [-0.39, 0.29) is 0 Å². The molecule has 0 aliphatic heterocycles. The van der Waals surface area contributed by atoms with Gasteiger partial charge in [-0.3, -0.25) is 4.79 Å². The molecule has 0 saturated heterocycles. The minimum atomic E-state index is 0.715. The highest BCUT2D eigenvalue weighted by molar-refractivity contribution is 5.77. The number of ether oxygens (including phenoxy) is 1. The summed E-state index contributed by atoms with van der Waals surface area (Å²) in [4.78, 5) is 11.0. The topological polar surface area (TPSA) is 31.2 Å². The Balaban J connectivity index is 2.41. The van der Waals surface area contributed by atoms with Crippen LogP contribution in [0.3, 0.4) is 0 Å². The lowest BCUT2D eigenvalue weighted by Gasteiger charge is -2.11. The molecule has 0 fully saturated rings. The molecule has 19 heavy (non-hydrogen) atoms. The maximum Gasteiger partial charge on any atom is 0.151 e. The summed E-state index contributed by atoms with van der Waals surface area (Å²) >= 11 is 0. The van der Waals surface area contributed by atoms with Crippen LogP contribution in [-0.2, 0) is 0 Å². The van der Waals surface area contributed by atoms with E-state index in [1.807, 2.05) is 44.2 Å². The fraction of sp³-hybridized carbons (Fsp3) is 0.312. The Morgan fingerprint density at radius 1 is 1.26 bits per heavy atom. The highest BCUT2D eigenvalue weighted by Gasteiger charge is 2.10. The molecule has 0 amide bonds. The number of aromatic nitrogens is 1. The van der Waals surface area contributed by atoms with E-state index in [2.05, 4.69) is 11.5 Å². The zero-order valence-electron chi connectivity index (χ0n) is 11.6. The van der Waals surface area contributed by atoms with E-state index in [9.17, 15) is 4.79 Å². The summed E-state index contributed by atoms with van der Waals surface area (Å²) in [5.74, 6) is 0.861. The molecule has 1 heterocycles. The van der Waals surface area contributed by atoms with Crippen LogP contribution in [-0.4, -0.2) is 17.5 Å². The van der Waals surface area contributed by atoms with Gasteiger partial charge in [0, 0.05) is 28.7 Å². The number of nitrogens with zero attached hydrogens (tertiary/aromatic N) is 1. The van der Waals surface area contributed by atoms with Gasteiger partial charge in [0.15, 0.2) is 6.29 Å². The summed E-state index contributed by atoms with van der Waals surface area (Å²) in [6.45, 7) is 6.75. The van der Waals surface area contributed by atoms with Crippen molar-refractivity contribution in [3.8, 4) is 11.4 Å². The molecule has 0 aliphatic carbocycles. The number of carbonyl (C=O) groups excluding carboxylic acids is 1. The van der Waals surface area contributed by atoms with Crippen LogP contribution in [0.1, 0.15) is 35.1 Å². The molecule has 3 nitrogen and oxygen atoms in total. The van der Waals surface area contributed by atoms with Crippen molar-refractivity contribution in [2.45, 2.75) is 27.2 Å². The van der Waals surface area contributed by atoms with E-state index in [0.717, 1.165) is 41.1 Å². The van der Waals surface area contributed by atoms with Gasteiger partial charge in [0.25, 0.3) is 0 Å². The number of carbonyl (C=O) groups is 1. The Morgan fingerprint density at radius 3 is 2.68 bits per heavy atom. The molecule has 2 rings (SSSR count). The third kappa shape index (κ3) is 2.70. The zero-order chi connectivity index (χ0) is 13.8. The van der Waals surface area contributed by atoms with Gasteiger partial charge >= 0.3 is 0 Å². The molecule has 0 atom stereocenters. The molecule has 1 aromatic heterocycles. The lowest BCUT2D eigenvalue weighted by molar-refractivity contribution is 0.112. The number of benzene rings is 1. The summed E-state index contributed by atoms with van der Waals surface area (Å²) in [5, 5.41) is 0. The van der Waals surface area contributed by atoms with Crippen molar-refractivity contribution in [3.05, 3.63) is 47.3 Å². The highest BCUT2D eigenvalue weighted by atomic mass is 16.5. The standard InChI is InChI=1S/C16H19NO2/c1-4-8-19-16-7-5-6-15(10-16)17-12(2)9-14(11-18)13(17)3/h5-7,9-11H,4,8H2,1-3H3. The molecule has 0 radical (unpaired) electrons. The Kier molecular flexibility index (Phi) is 4.05. The van der Waals surface area contributed by atoms with Gasteiger partial charge in [-0.2, -0.15) is 0 Å². The van der Waals surface area contributed by atoms with Gasteiger partial charge in [-0.05, 0) is 38.5 Å². The molecule has 0 spiro atoms. The highest BCUT2D eigenvalue weighted by Crippen LogP contribution is 2.23. The van der Waals surface area contributed by atoms with Crippen LogP contribution in [0.15, 0.2) is 30.3 Å². The predicted octanol–water partition coefficient (Wildman–Crippen LogP) is 3.70. The van der Waals surface area contributed by atoms with E-state index in [0.29, 0.717) is 6.61 Å². The fourth-order valence-corrected chi connectivity index (χ4v) is 2.24. The summed E-state index contributed by atoms with van der Waals surface area (Å²) in [6.07, 6.45) is 1.89. The van der Waals surface area contributed by atoms with Gasteiger partial charge in [0.05, 0.1) is 6.61 Å². The Labute approximate surface area is 113 Å². The quantitative estimate of drug-likeness (QED) is 0.765. The lowest BCUT2D eigenvalue weighted by atomic mass is 10.2. The van der Waals surface area contributed by atoms with Crippen molar-refractivity contribution in [2.75, 3.05) is 6.61 Å². The van der Waals surface area contributed by atoms with Gasteiger partial charge in [-0.1, -0.05) is 13.0 Å². The minimum absolute atomic E-state index is 0.715. The van der Waals surface area contributed by atoms with E-state index in [4.69, 9.17) is 4.74 Å². The van der Waals surface area contributed by atoms with E-state index >= 15 is 0 Å².